The maximum Gasteiger partial charge on any atom is 0.231 e. The molecule has 1 aliphatic carbocycles. The van der Waals surface area contributed by atoms with Crippen molar-refractivity contribution in [1.82, 2.24) is 4.90 Å². The molecule has 5 heteroatoms. The summed E-state index contributed by atoms with van der Waals surface area (Å²) in [6.07, 6.45) is 2.41. The van der Waals surface area contributed by atoms with E-state index in [1.165, 1.54) is 16.7 Å². The zero-order valence-electron chi connectivity index (χ0n) is 22.5. The van der Waals surface area contributed by atoms with Crippen molar-refractivity contribution in [2.45, 2.75) is 77.7 Å². The molecule has 0 bridgehead atoms. The minimum absolute atomic E-state index is 0.0440. The Balaban J connectivity index is 1.55. The predicted molar refractivity (Wildman–Crippen MR) is 138 cm³/mol. The number of aryl methyl sites for hydroxylation is 1. The number of hydrogen-bond donors (Lipinski definition) is 0. The zero-order valence-corrected chi connectivity index (χ0v) is 22.5. The number of hydrogen-bond acceptors (Lipinski definition) is 5. The van der Waals surface area contributed by atoms with Crippen molar-refractivity contribution in [3.8, 4) is 17.2 Å². The minimum atomic E-state index is -0.0735. The third kappa shape index (κ3) is 3.74. The van der Waals surface area contributed by atoms with Gasteiger partial charge in [0.1, 0.15) is 0 Å². The molecule has 0 spiro atoms. The van der Waals surface area contributed by atoms with Gasteiger partial charge in [-0.05, 0) is 77.9 Å². The topological polar surface area (TPSA) is 48.0 Å². The van der Waals surface area contributed by atoms with Crippen LogP contribution >= 0.6 is 0 Å². The zero-order chi connectivity index (χ0) is 25.3. The van der Waals surface area contributed by atoms with Gasteiger partial charge in [0, 0.05) is 30.1 Å². The Morgan fingerprint density at radius 3 is 2.60 bits per heavy atom. The van der Waals surface area contributed by atoms with Gasteiger partial charge in [0.15, 0.2) is 17.3 Å². The van der Waals surface area contributed by atoms with Gasteiger partial charge in [0.25, 0.3) is 0 Å². The van der Waals surface area contributed by atoms with Crippen LogP contribution in [0, 0.1) is 12.8 Å². The highest BCUT2D eigenvalue weighted by molar-refractivity contribution is 5.98. The van der Waals surface area contributed by atoms with E-state index in [9.17, 15) is 4.79 Å². The summed E-state index contributed by atoms with van der Waals surface area (Å²) in [5.41, 5.74) is 7.02. The van der Waals surface area contributed by atoms with E-state index in [0.29, 0.717) is 23.8 Å². The Bertz CT molecular complexity index is 1200. The van der Waals surface area contributed by atoms with Crippen LogP contribution in [0.15, 0.2) is 18.2 Å². The number of Topliss-reactive ketones (excluding diaryl/α,β-unsaturated/α-hetero) is 1. The first-order chi connectivity index (χ1) is 16.5. The molecule has 2 aromatic carbocycles. The Labute approximate surface area is 209 Å². The van der Waals surface area contributed by atoms with Gasteiger partial charge in [-0.1, -0.05) is 40.7 Å². The molecule has 0 radical (unpaired) electrons. The number of ether oxygens (including phenoxy) is 3. The summed E-state index contributed by atoms with van der Waals surface area (Å²) in [7, 11) is 3.77. The molecule has 2 atom stereocenters. The summed E-state index contributed by atoms with van der Waals surface area (Å²) in [6, 6.07) is 6.49. The molecule has 5 rings (SSSR count). The van der Waals surface area contributed by atoms with E-state index in [1.54, 1.807) is 7.11 Å². The Morgan fingerprint density at radius 2 is 1.89 bits per heavy atom. The second-order valence-electron chi connectivity index (χ2n) is 12.0. The number of fused-ring (bicyclic) bond motifs is 3. The summed E-state index contributed by atoms with van der Waals surface area (Å²) in [6.45, 7) is 14.9. The number of rotatable bonds is 4. The Morgan fingerprint density at radius 1 is 1.14 bits per heavy atom. The first-order valence-electron chi connectivity index (χ1n) is 12.8. The summed E-state index contributed by atoms with van der Waals surface area (Å²) >= 11 is 0. The minimum Gasteiger partial charge on any atom is -0.492 e. The number of likely N-dealkylation sites (N-methyl/N-ethyl adjacent to an activating group) is 1. The van der Waals surface area contributed by atoms with Gasteiger partial charge < -0.3 is 14.2 Å². The molecular weight excluding hydrogens is 438 g/mol. The van der Waals surface area contributed by atoms with Gasteiger partial charge in [0.05, 0.1) is 7.11 Å². The largest absolute Gasteiger partial charge is 0.492 e. The second-order valence-corrected chi connectivity index (χ2v) is 12.0. The molecule has 0 unspecified atom stereocenters. The molecule has 0 aromatic heterocycles. The number of nitrogens with zero attached hydrogens (tertiary/aromatic N) is 1. The van der Waals surface area contributed by atoms with E-state index in [4.69, 9.17) is 14.2 Å². The van der Waals surface area contributed by atoms with Crippen molar-refractivity contribution >= 4 is 5.78 Å². The SMILES string of the molecule is COc1c2c(cc3c1[C@H](CC(=O)c1cc4c(cc1C)C(C)(C)[C@@H](C)CC4(C)C)N(C)CC3)OCO2. The van der Waals surface area contributed by atoms with E-state index in [-0.39, 0.29) is 29.4 Å². The number of methoxy groups -OCH3 is 1. The van der Waals surface area contributed by atoms with E-state index in [1.807, 2.05) is 0 Å². The lowest BCUT2D eigenvalue weighted by atomic mass is 9.58. The molecule has 0 amide bonds. The van der Waals surface area contributed by atoms with Gasteiger partial charge in [-0.15, -0.1) is 0 Å². The van der Waals surface area contributed by atoms with Crippen molar-refractivity contribution in [1.29, 1.82) is 0 Å². The highest BCUT2D eigenvalue weighted by Gasteiger charge is 2.43. The van der Waals surface area contributed by atoms with Gasteiger partial charge in [0.2, 0.25) is 12.5 Å². The summed E-state index contributed by atoms with van der Waals surface area (Å²) in [4.78, 5) is 16.2. The summed E-state index contributed by atoms with van der Waals surface area (Å²) in [5.74, 6) is 2.86. The predicted octanol–water partition coefficient (Wildman–Crippen LogP) is 6.13. The van der Waals surface area contributed by atoms with Gasteiger partial charge in [-0.3, -0.25) is 9.69 Å². The van der Waals surface area contributed by atoms with Crippen molar-refractivity contribution in [3.63, 3.8) is 0 Å². The lowest BCUT2D eigenvalue weighted by Crippen LogP contribution is -2.40. The molecule has 0 saturated carbocycles. The molecule has 5 nitrogen and oxygen atoms in total. The van der Waals surface area contributed by atoms with Crippen molar-refractivity contribution < 1.29 is 19.0 Å². The average molecular weight is 478 g/mol. The van der Waals surface area contributed by atoms with Crippen LogP contribution in [0.1, 0.15) is 91.7 Å². The standard InChI is InChI=1S/C30H39NO4/c1-17-11-22-21(29(3,4)15-18(2)30(22,5)6)13-20(17)24(32)14-23-26-19(9-10-31(23)7)12-25-27(28(26)33-8)35-16-34-25/h11-13,18,23H,9-10,14-16H2,1-8H3/t18-,23-/m0/s1. The average Bonchev–Trinajstić information content (AvgIpc) is 3.26. The third-order valence-electron chi connectivity index (χ3n) is 9.06. The lowest BCUT2D eigenvalue weighted by molar-refractivity contribution is 0.0924. The molecule has 188 valence electrons. The first kappa shape index (κ1) is 24.2. The summed E-state index contributed by atoms with van der Waals surface area (Å²) < 4.78 is 17.2. The van der Waals surface area contributed by atoms with Crippen LogP contribution in [0.4, 0.5) is 0 Å². The van der Waals surface area contributed by atoms with E-state index < -0.39 is 0 Å². The van der Waals surface area contributed by atoms with Crippen LogP contribution in [0.5, 0.6) is 17.2 Å². The van der Waals surface area contributed by atoms with Gasteiger partial charge in [-0.2, -0.15) is 0 Å². The Hall–Kier alpha value is -2.53. The van der Waals surface area contributed by atoms with Crippen LogP contribution in [0.3, 0.4) is 0 Å². The van der Waals surface area contributed by atoms with E-state index >= 15 is 0 Å². The van der Waals surface area contributed by atoms with Crippen LogP contribution in [0.25, 0.3) is 0 Å². The van der Waals surface area contributed by atoms with Gasteiger partial charge in [-0.25, -0.2) is 0 Å². The highest BCUT2D eigenvalue weighted by atomic mass is 16.7. The molecule has 35 heavy (non-hydrogen) atoms. The second kappa shape index (κ2) is 8.26. The molecular formula is C30H39NO4. The molecule has 0 saturated heterocycles. The molecule has 2 aliphatic heterocycles. The monoisotopic (exact) mass is 477 g/mol. The molecule has 0 N–H and O–H groups in total. The van der Waals surface area contributed by atoms with Crippen molar-refractivity contribution in [2.24, 2.45) is 5.92 Å². The van der Waals surface area contributed by atoms with Gasteiger partial charge >= 0.3 is 0 Å². The smallest absolute Gasteiger partial charge is 0.231 e. The molecule has 3 aliphatic rings. The van der Waals surface area contributed by atoms with Crippen LogP contribution in [-0.4, -0.2) is 38.2 Å². The molecule has 2 heterocycles. The lowest BCUT2D eigenvalue weighted by Gasteiger charge is -2.47. The Kier molecular flexibility index (Phi) is 5.71. The van der Waals surface area contributed by atoms with E-state index in [0.717, 1.165) is 41.8 Å². The normalized spacial score (nSPS) is 24.0. The fourth-order valence-electron chi connectivity index (χ4n) is 6.57. The first-order valence-corrected chi connectivity index (χ1v) is 12.8. The van der Waals surface area contributed by atoms with Crippen molar-refractivity contribution in [2.75, 3.05) is 27.5 Å². The van der Waals surface area contributed by atoms with Crippen molar-refractivity contribution in [3.05, 3.63) is 51.6 Å². The number of ketones is 1. The van der Waals surface area contributed by atoms with E-state index in [2.05, 4.69) is 71.7 Å². The number of benzene rings is 2. The van der Waals surface area contributed by atoms with Crippen LogP contribution in [-0.2, 0) is 17.3 Å². The van der Waals surface area contributed by atoms with Crippen LogP contribution in [0.2, 0.25) is 0 Å². The fourth-order valence-corrected chi connectivity index (χ4v) is 6.57. The van der Waals surface area contributed by atoms with Crippen LogP contribution < -0.4 is 14.2 Å². The fraction of sp³-hybridized carbons (Fsp3) is 0.567. The number of carbonyl (C=O) groups excluding carboxylic acids is 1. The molecule has 2 aromatic rings. The third-order valence-corrected chi connectivity index (χ3v) is 9.06. The quantitative estimate of drug-likeness (QED) is 0.496. The maximum absolute atomic E-state index is 13.9. The number of carbonyl (C=O) groups is 1. The summed E-state index contributed by atoms with van der Waals surface area (Å²) in [5, 5.41) is 0. The maximum atomic E-state index is 13.9. The molecule has 0 fully saturated rings. The highest BCUT2D eigenvalue weighted by Crippen LogP contribution is 2.51.